The maximum absolute atomic E-state index is 16.4. The molecule has 48 heavy (non-hydrogen) atoms. The number of imide groups is 2. The van der Waals surface area contributed by atoms with E-state index < -0.39 is 35.3 Å². The van der Waals surface area contributed by atoms with E-state index in [1.54, 1.807) is 24.3 Å². The molecular formula is C40H40F2N2O4. The lowest BCUT2D eigenvalue weighted by Crippen LogP contribution is -2.41. The Hall–Kier alpha value is -4.46. The SMILES string of the molecule is CCCCCCCCN1C(=O)c2ccc3c4c(F)cc5c6c(ccc(c7c(F)cc(c2c37)C1=O)c64)C(=O)N(CCCCCCCC)C5=O. The Morgan fingerprint density at radius 3 is 1.19 bits per heavy atom. The predicted molar refractivity (Wildman–Crippen MR) is 185 cm³/mol. The predicted octanol–water partition coefficient (Wildman–Crippen LogP) is 9.93. The summed E-state index contributed by atoms with van der Waals surface area (Å²) < 4.78 is 32.7. The van der Waals surface area contributed by atoms with Gasteiger partial charge in [0.2, 0.25) is 0 Å². The van der Waals surface area contributed by atoms with Crippen LogP contribution in [0, 0.1) is 11.6 Å². The van der Waals surface area contributed by atoms with Crippen LogP contribution in [-0.4, -0.2) is 46.5 Å². The van der Waals surface area contributed by atoms with E-state index in [0.29, 0.717) is 45.2 Å². The number of fused-ring (bicyclic) bond motifs is 2. The lowest BCUT2D eigenvalue weighted by molar-refractivity contribution is 0.0592. The zero-order valence-electron chi connectivity index (χ0n) is 27.6. The van der Waals surface area contributed by atoms with Gasteiger partial charge < -0.3 is 0 Å². The van der Waals surface area contributed by atoms with Crippen LogP contribution >= 0.6 is 0 Å². The Kier molecular flexibility index (Phi) is 8.60. The van der Waals surface area contributed by atoms with Crippen LogP contribution in [0.25, 0.3) is 43.1 Å². The zero-order chi connectivity index (χ0) is 33.7. The van der Waals surface area contributed by atoms with Crippen molar-refractivity contribution in [3.05, 3.63) is 70.3 Å². The van der Waals surface area contributed by atoms with E-state index in [4.69, 9.17) is 0 Å². The van der Waals surface area contributed by atoms with E-state index in [1.807, 2.05) is 0 Å². The van der Waals surface area contributed by atoms with Crippen molar-refractivity contribution in [1.29, 1.82) is 0 Å². The molecule has 0 spiro atoms. The Bertz CT molecular complexity index is 1990. The van der Waals surface area contributed by atoms with Crippen molar-refractivity contribution in [3.63, 3.8) is 0 Å². The highest BCUT2D eigenvalue weighted by Gasteiger charge is 2.38. The number of amides is 4. The maximum atomic E-state index is 16.4. The van der Waals surface area contributed by atoms with Gasteiger partial charge in [-0.3, -0.25) is 29.0 Å². The summed E-state index contributed by atoms with van der Waals surface area (Å²) >= 11 is 0. The summed E-state index contributed by atoms with van der Waals surface area (Å²) in [6.45, 7) is 4.78. The standard InChI is InChI=1S/C40H40F2N2O4/c1-3-5-7-9-11-13-19-43-37(45)25-17-15-23-34-30(42)22-28-32-26(38(46)44(40(28)48)20-14-12-10-8-6-4-2)18-16-24(36(32)34)33-29(41)21-27(39(43)47)31(25)35(23)33/h15-18,21-22H,3-14,19-20H2,1-2H3. The quantitative estimate of drug-likeness (QED) is 0.0519. The third kappa shape index (κ3) is 4.94. The maximum Gasteiger partial charge on any atom is 0.261 e. The molecule has 2 aliphatic heterocycles. The fourth-order valence-corrected chi connectivity index (χ4v) is 7.97. The molecule has 0 aromatic heterocycles. The Balaban J connectivity index is 1.33. The van der Waals surface area contributed by atoms with Crippen molar-refractivity contribution in [2.75, 3.05) is 13.1 Å². The van der Waals surface area contributed by atoms with Gasteiger partial charge in [0.15, 0.2) is 0 Å². The van der Waals surface area contributed by atoms with Gasteiger partial charge in [-0.2, -0.15) is 0 Å². The minimum Gasteiger partial charge on any atom is -0.274 e. The molecule has 0 bridgehead atoms. The van der Waals surface area contributed by atoms with E-state index in [-0.39, 0.29) is 46.1 Å². The summed E-state index contributed by atoms with van der Waals surface area (Å²) in [5.74, 6) is -3.35. The lowest BCUT2D eigenvalue weighted by Gasteiger charge is -2.30. The number of hydrogen-bond acceptors (Lipinski definition) is 4. The first kappa shape index (κ1) is 32.1. The molecule has 0 fully saturated rings. The number of benzene rings is 5. The molecule has 2 aliphatic rings. The third-order valence-corrected chi connectivity index (χ3v) is 10.4. The first-order valence-corrected chi connectivity index (χ1v) is 17.6. The highest BCUT2D eigenvalue weighted by Crippen LogP contribution is 2.48. The van der Waals surface area contributed by atoms with Crippen LogP contribution in [0.3, 0.4) is 0 Å². The topological polar surface area (TPSA) is 74.8 Å². The molecule has 8 heteroatoms. The summed E-state index contributed by atoms with van der Waals surface area (Å²) in [5.41, 5.74) is 0.721. The van der Waals surface area contributed by atoms with Crippen LogP contribution in [0.5, 0.6) is 0 Å². The average Bonchev–Trinajstić information content (AvgIpc) is 3.08. The minimum absolute atomic E-state index is 0.0823. The van der Waals surface area contributed by atoms with Gasteiger partial charge in [0, 0.05) is 56.5 Å². The monoisotopic (exact) mass is 650 g/mol. The number of carbonyl (C=O) groups excluding carboxylic acids is 4. The highest BCUT2D eigenvalue weighted by molar-refractivity contribution is 6.41. The second kappa shape index (κ2) is 12.9. The van der Waals surface area contributed by atoms with E-state index in [0.717, 1.165) is 64.2 Å². The van der Waals surface area contributed by atoms with Crippen molar-refractivity contribution in [1.82, 2.24) is 9.80 Å². The fraction of sp³-hybridized carbons (Fsp3) is 0.400. The number of nitrogens with zero attached hydrogens (tertiary/aromatic N) is 2. The summed E-state index contributed by atoms with van der Waals surface area (Å²) in [6, 6.07) is 8.75. The molecule has 2 heterocycles. The first-order chi connectivity index (χ1) is 23.3. The molecule has 0 unspecified atom stereocenters. The van der Waals surface area contributed by atoms with Gasteiger partial charge in [-0.1, -0.05) is 90.2 Å². The van der Waals surface area contributed by atoms with Gasteiger partial charge in [0.25, 0.3) is 23.6 Å². The van der Waals surface area contributed by atoms with Gasteiger partial charge >= 0.3 is 0 Å². The van der Waals surface area contributed by atoms with Gasteiger partial charge in [-0.15, -0.1) is 0 Å². The molecule has 0 N–H and O–H groups in total. The van der Waals surface area contributed by atoms with Crippen LogP contribution < -0.4 is 0 Å². The summed E-state index contributed by atoms with van der Waals surface area (Å²) in [4.78, 5) is 57.3. The summed E-state index contributed by atoms with van der Waals surface area (Å²) in [6.07, 6.45) is 11.9. The van der Waals surface area contributed by atoms with Gasteiger partial charge in [-0.05, 0) is 47.9 Å². The molecule has 0 atom stereocenters. The third-order valence-electron chi connectivity index (χ3n) is 10.4. The minimum atomic E-state index is -0.678. The number of hydrogen-bond donors (Lipinski definition) is 0. The molecule has 5 aromatic carbocycles. The molecule has 5 aromatic rings. The molecule has 0 radical (unpaired) electrons. The number of rotatable bonds is 14. The molecule has 7 rings (SSSR count). The normalized spacial score (nSPS) is 14.7. The van der Waals surface area contributed by atoms with Crippen LogP contribution in [0.2, 0.25) is 0 Å². The largest absolute Gasteiger partial charge is 0.274 e. The average molecular weight is 651 g/mol. The van der Waals surface area contributed by atoms with E-state index in [1.165, 1.54) is 21.9 Å². The lowest BCUT2D eigenvalue weighted by atomic mass is 9.81. The molecule has 4 amide bonds. The summed E-state index contributed by atoms with van der Waals surface area (Å²) in [5, 5.41) is 2.17. The number of carbonyl (C=O) groups is 4. The van der Waals surface area contributed by atoms with Crippen molar-refractivity contribution < 1.29 is 28.0 Å². The summed E-state index contributed by atoms with van der Waals surface area (Å²) in [7, 11) is 0. The van der Waals surface area contributed by atoms with Crippen LogP contribution in [-0.2, 0) is 0 Å². The highest BCUT2D eigenvalue weighted by atomic mass is 19.1. The van der Waals surface area contributed by atoms with Crippen molar-refractivity contribution in [3.8, 4) is 0 Å². The van der Waals surface area contributed by atoms with Crippen LogP contribution in [0.4, 0.5) is 8.78 Å². The van der Waals surface area contributed by atoms with E-state index in [9.17, 15) is 19.2 Å². The van der Waals surface area contributed by atoms with Crippen molar-refractivity contribution >= 4 is 66.7 Å². The first-order valence-electron chi connectivity index (χ1n) is 17.6. The molecule has 0 saturated heterocycles. The number of halogens is 2. The van der Waals surface area contributed by atoms with Gasteiger partial charge in [-0.25, -0.2) is 8.78 Å². The molecule has 6 nitrogen and oxygen atoms in total. The molecule has 248 valence electrons. The Morgan fingerprint density at radius 2 is 0.792 bits per heavy atom. The van der Waals surface area contributed by atoms with Crippen LogP contribution in [0.15, 0.2) is 36.4 Å². The second-order valence-electron chi connectivity index (χ2n) is 13.4. The van der Waals surface area contributed by atoms with Gasteiger partial charge in [0.1, 0.15) is 11.6 Å². The Morgan fingerprint density at radius 1 is 0.438 bits per heavy atom. The van der Waals surface area contributed by atoms with E-state index in [2.05, 4.69) is 13.8 Å². The smallest absolute Gasteiger partial charge is 0.261 e. The van der Waals surface area contributed by atoms with Crippen LogP contribution in [0.1, 0.15) is 132 Å². The second-order valence-corrected chi connectivity index (χ2v) is 13.4. The zero-order valence-corrected chi connectivity index (χ0v) is 27.6. The fourth-order valence-electron chi connectivity index (χ4n) is 7.97. The van der Waals surface area contributed by atoms with E-state index >= 15 is 8.78 Å². The molecule has 0 aliphatic carbocycles. The molecule has 0 saturated carbocycles. The Labute approximate surface area is 278 Å². The van der Waals surface area contributed by atoms with Gasteiger partial charge in [0.05, 0.1) is 11.1 Å². The molecular weight excluding hydrogens is 610 g/mol. The van der Waals surface area contributed by atoms with Crippen molar-refractivity contribution in [2.24, 2.45) is 0 Å². The number of unbranched alkanes of at least 4 members (excludes halogenated alkanes) is 10. The van der Waals surface area contributed by atoms with Crippen molar-refractivity contribution in [2.45, 2.75) is 90.9 Å².